The zero-order valence-electron chi connectivity index (χ0n) is 7.71. The predicted octanol–water partition coefficient (Wildman–Crippen LogP) is 2.34. The SMILES string of the molecule is C[C](CF)c1cc(C#N)ccc1C#N. The van der Waals surface area contributed by atoms with Gasteiger partial charge in [0.05, 0.1) is 29.9 Å². The van der Waals surface area contributed by atoms with Gasteiger partial charge in [0.15, 0.2) is 0 Å². The lowest BCUT2D eigenvalue weighted by molar-refractivity contribution is 0.516. The average Bonchev–Trinajstić information content (AvgIpc) is 2.27. The third-order valence-corrected chi connectivity index (χ3v) is 1.93. The van der Waals surface area contributed by atoms with E-state index >= 15 is 0 Å². The number of nitriles is 2. The Morgan fingerprint density at radius 3 is 2.57 bits per heavy atom. The van der Waals surface area contributed by atoms with Gasteiger partial charge >= 0.3 is 0 Å². The third-order valence-electron chi connectivity index (χ3n) is 1.93. The van der Waals surface area contributed by atoms with Crippen molar-refractivity contribution in [2.24, 2.45) is 0 Å². The van der Waals surface area contributed by atoms with Gasteiger partial charge in [-0.05, 0) is 23.8 Å². The second kappa shape index (κ2) is 4.39. The third kappa shape index (κ3) is 1.89. The maximum Gasteiger partial charge on any atom is 0.0998 e. The Labute approximate surface area is 82.2 Å². The molecule has 1 radical (unpaired) electrons. The minimum absolute atomic E-state index is 0.402. The summed E-state index contributed by atoms with van der Waals surface area (Å²) < 4.78 is 12.4. The lowest BCUT2D eigenvalue weighted by atomic mass is 9.95. The maximum atomic E-state index is 12.4. The molecule has 0 saturated carbocycles. The molecule has 0 bridgehead atoms. The topological polar surface area (TPSA) is 47.6 Å². The summed E-state index contributed by atoms with van der Waals surface area (Å²) in [6, 6.07) is 8.54. The number of rotatable bonds is 2. The molecule has 0 amide bonds. The Morgan fingerprint density at radius 2 is 2.07 bits per heavy atom. The summed E-state index contributed by atoms with van der Waals surface area (Å²) >= 11 is 0. The van der Waals surface area contributed by atoms with Crippen molar-refractivity contribution < 1.29 is 4.39 Å². The molecule has 0 spiro atoms. The number of alkyl halides is 1. The van der Waals surface area contributed by atoms with Crippen molar-refractivity contribution in [1.82, 2.24) is 0 Å². The van der Waals surface area contributed by atoms with Crippen molar-refractivity contribution in [3.05, 3.63) is 40.8 Å². The van der Waals surface area contributed by atoms with E-state index in [0.29, 0.717) is 22.6 Å². The summed E-state index contributed by atoms with van der Waals surface area (Å²) in [5, 5.41) is 17.4. The molecule has 1 rings (SSSR count). The lowest BCUT2D eigenvalue weighted by Crippen LogP contribution is -2.00. The van der Waals surface area contributed by atoms with Gasteiger partial charge in [0.2, 0.25) is 0 Å². The van der Waals surface area contributed by atoms with Crippen molar-refractivity contribution in [2.45, 2.75) is 6.92 Å². The summed E-state index contributed by atoms with van der Waals surface area (Å²) in [4.78, 5) is 0. The van der Waals surface area contributed by atoms with Crippen molar-refractivity contribution in [3.63, 3.8) is 0 Å². The van der Waals surface area contributed by atoms with Gasteiger partial charge in [0.1, 0.15) is 0 Å². The Balaban J connectivity index is 3.25. The van der Waals surface area contributed by atoms with Crippen molar-refractivity contribution in [1.29, 1.82) is 10.5 Å². The first-order valence-corrected chi connectivity index (χ1v) is 4.06. The molecule has 0 aliphatic carbocycles. The van der Waals surface area contributed by atoms with E-state index in [9.17, 15) is 4.39 Å². The molecule has 0 aromatic heterocycles. The van der Waals surface area contributed by atoms with Crippen LogP contribution in [0.25, 0.3) is 0 Å². The van der Waals surface area contributed by atoms with Gasteiger partial charge in [-0.25, -0.2) is 0 Å². The minimum Gasteiger partial charge on any atom is -0.250 e. The van der Waals surface area contributed by atoms with Crippen LogP contribution in [0, 0.1) is 28.6 Å². The van der Waals surface area contributed by atoms with Crippen LogP contribution < -0.4 is 0 Å². The molecule has 0 heterocycles. The number of halogens is 1. The minimum atomic E-state index is -0.608. The fourth-order valence-electron chi connectivity index (χ4n) is 1.14. The molecular weight excluding hydrogens is 179 g/mol. The van der Waals surface area contributed by atoms with Crippen LogP contribution in [0.4, 0.5) is 4.39 Å². The largest absolute Gasteiger partial charge is 0.250 e. The maximum absolute atomic E-state index is 12.4. The first kappa shape index (κ1) is 10.2. The van der Waals surface area contributed by atoms with Gasteiger partial charge in [-0.1, -0.05) is 6.92 Å². The van der Waals surface area contributed by atoms with Crippen LogP contribution in [0.15, 0.2) is 18.2 Å². The number of benzene rings is 1. The van der Waals surface area contributed by atoms with Crippen LogP contribution in [0.2, 0.25) is 0 Å². The molecule has 2 nitrogen and oxygen atoms in total. The quantitative estimate of drug-likeness (QED) is 0.713. The summed E-state index contributed by atoms with van der Waals surface area (Å²) in [7, 11) is 0. The predicted molar refractivity (Wildman–Crippen MR) is 49.9 cm³/mol. The second-order valence-corrected chi connectivity index (χ2v) is 2.90. The summed E-state index contributed by atoms with van der Waals surface area (Å²) in [5.41, 5.74) is 1.36. The average molecular weight is 187 g/mol. The van der Waals surface area contributed by atoms with Gasteiger partial charge in [-0.3, -0.25) is 4.39 Å². The van der Waals surface area contributed by atoms with Crippen molar-refractivity contribution >= 4 is 0 Å². The van der Waals surface area contributed by atoms with E-state index in [1.54, 1.807) is 13.0 Å². The van der Waals surface area contributed by atoms with Crippen LogP contribution in [-0.2, 0) is 0 Å². The Hall–Kier alpha value is -1.87. The summed E-state index contributed by atoms with van der Waals surface area (Å²) in [5.74, 6) is 0.471. The molecule has 0 unspecified atom stereocenters. The zero-order valence-corrected chi connectivity index (χ0v) is 7.71. The Kier molecular flexibility index (Phi) is 3.20. The van der Waals surface area contributed by atoms with Gasteiger partial charge < -0.3 is 0 Å². The molecule has 69 valence electrons. The standard InChI is InChI=1S/C11H8FN2/c1-8(5-12)11-4-9(6-13)2-3-10(11)7-14/h2-4H,5H2,1H3. The molecule has 0 atom stereocenters. The van der Waals surface area contributed by atoms with Gasteiger partial charge in [-0.15, -0.1) is 0 Å². The van der Waals surface area contributed by atoms with E-state index in [0.717, 1.165) is 0 Å². The second-order valence-electron chi connectivity index (χ2n) is 2.90. The fourth-order valence-corrected chi connectivity index (χ4v) is 1.14. The van der Waals surface area contributed by atoms with Crippen LogP contribution in [0.5, 0.6) is 0 Å². The molecule has 14 heavy (non-hydrogen) atoms. The van der Waals surface area contributed by atoms with E-state index in [-0.39, 0.29) is 0 Å². The highest BCUT2D eigenvalue weighted by Crippen LogP contribution is 2.20. The first-order chi connectivity index (χ1) is 6.72. The van der Waals surface area contributed by atoms with Gasteiger partial charge in [-0.2, -0.15) is 10.5 Å². The normalized spacial score (nSPS) is 9.50. The monoisotopic (exact) mass is 187 g/mol. The van der Waals surface area contributed by atoms with Crippen molar-refractivity contribution in [3.8, 4) is 12.1 Å². The van der Waals surface area contributed by atoms with E-state index in [1.165, 1.54) is 12.1 Å². The molecule has 0 N–H and O–H groups in total. The Morgan fingerprint density at radius 1 is 1.36 bits per heavy atom. The van der Waals surface area contributed by atoms with Crippen LogP contribution >= 0.6 is 0 Å². The summed E-state index contributed by atoms with van der Waals surface area (Å²) in [6.45, 7) is 1.00. The molecule has 0 aliphatic heterocycles. The fraction of sp³-hybridized carbons (Fsp3) is 0.182. The summed E-state index contributed by atoms with van der Waals surface area (Å²) in [6.07, 6.45) is 0. The molecule has 0 fully saturated rings. The van der Waals surface area contributed by atoms with Gasteiger partial charge in [0, 0.05) is 5.92 Å². The highest BCUT2D eigenvalue weighted by molar-refractivity contribution is 5.49. The number of hydrogen-bond donors (Lipinski definition) is 0. The number of hydrogen-bond acceptors (Lipinski definition) is 2. The van der Waals surface area contributed by atoms with E-state index in [1.807, 2.05) is 12.1 Å². The van der Waals surface area contributed by atoms with Crippen LogP contribution in [0.3, 0.4) is 0 Å². The van der Waals surface area contributed by atoms with Crippen molar-refractivity contribution in [2.75, 3.05) is 6.67 Å². The van der Waals surface area contributed by atoms with Crippen LogP contribution in [-0.4, -0.2) is 6.67 Å². The molecule has 1 aromatic carbocycles. The molecule has 3 heteroatoms. The molecule has 0 aliphatic rings. The van der Waals surface area contributed by atoms with Crippen LogP contribution in [0.1, 0.15) is 23.6 Å². The van der Waals surface area contributed by atoms with Gasteiger partial charge in [0.25, 0.3) is 0 Å². The number of nitrogens with zero attached hydrogens (tertiary/aromatic N) is 2. The molecule has 0 saturated heterocycles. The van der Waals surface area contributed by atoms with E-state index in [4.69, 9.17) is 10.5 Å². The van der Waals surface area contributed by atoms with E-state index < -0.39 is 6.67 Å². The first-order valence-electron chi connectivity index (χ1n) is 4.06. The zero-order chi connectivity index (χ0) is 10.6. The molecular formula is C11H8FN2. The lowest BCUT2D eigenvalue weighted by Gasteiger charge is -2.08. The Bertz CT molecular complexity index is 412. The smallest absolute Gasteiger partial charge is 0.0998 e. The highest BCUT2D eigenvalue weighted by Gasteiger charge is 2.11. The molecule has 1 aromatic rings. The van der Waals surface area contributed by atoms with E-state index in [2.05, 4.69) is 0 Å². The highest BCUT2D eigenvalue weighted by atomic mass is 19.1.